The van der Waals surface area contributed by atoms with Crippen LogP contribution < -0.4 is 0 Å². The van der Waals surface area contributed by atoms with Gasteiger partial charge in [0.15, 0.2) is 0 Å². The highest BCUT2D eigenvalue weighted by Gasteiger charge is 2.15. The third-order valence-electron chi connectivity index (χ3n) is 1.65. The van der Waals surface area contributed by atoms with Gasteiger partial charge in [0, 0.05) is 7.05 Å². The first-order chi connectivity index (χ1) is 7.00. The molecule has 1 amide bonds. The van der Waals surface area contributed by atoms with E-state index in [0.29, 0.717) is 4.60 Å². The van der Waals surface area contributed by atoms with Crippen molar-refractivity contribution in [3.05, 3.63) is 28.5 Å². The molecule has 6 heteroatoms. The molecule has 0 radical (unpaired) electrons. The maximum Gasteiger partial charge on any atom is 0.323 e. The lowest BCUT2D eigenvalue weighted by atomic mass is 10.3. The predicted octanol–water partition coefficient (Wildman–Crippen LogP) is 1.00. The molecule has 0 aliphatic rings. The van der Waals surface area contributed by atoms with E-state index >= 15 is 0 Å². The van der Waals surface area contributed by atoms with Crippen molar-refractivity contribution >= 4 is 27.8 Å². The molecule has 1 aromatic rings. The molecule has 1 N–H and O–H groups in total. The van der Waals surface area contributed by atoms with Gasteiger partial charge in [0.05, 0.1) is 0 Å². The van der Waals surface area contributed by atoms with Gasteiger partial charge in [-0.05, 0) is 28.1 Å². The molecule has 0 spiro atoms. The molecule has 0 bridgehead atoms. The van der Waals surface area contributed by atoms with Gasteiger partial charge in [-0.2, -0.15) is 0 Å². The standard InChI is InChI=1S/C9H9BrN2O3/c1-12(5-8(13)14)9(15)6-3-2-4-7(10)11-6/h2-4H,5H2,1H3,(H,13,14). The topological polar surface area (TPSA) is 70.5 Å². The van der Waals surface area contributed by atoms with Gasteiger partial charge in [0.25, 0.3) is 5.91 Å². The number of aromatic nitrogens is 1. The number of carbonyl (C=O) groups is 2. The van der Waals surface area contributed by atoms with Crippen molar-refractivity contribution < 1.29 is 14.7 Å². The SMILES string of the molecule is CN(CC(=O)O)C(=O)c1cccc(Br)n1. The Morgan fingerprint density at radius 1 is 1.53 bits per heavy atom. The zero-order valence-electron chi connectivity index (χ0n) is 7.98. The van der Waals surface area contributed by atoms with E-state index in [4.69, 9.17) is 5.11 Å². The van der Waals surface area contributed by atoms with Gasteiger partial charge >= 0.3 is 5.97 Å². The highest BCUT2D eigenvalue weighted by Crippen LogP contribution is 2.07. The lowest BCUT2D eigenvalue weighted by Crippen LogP contribution is -2.32. The van der Waals surface area contributed by atoms with Crippen LogP contribution in [-0.4, -0.2) is 40.5 Å². The minimum Gasteiger partial charge on any atom is -0.480 e. The van der Waals surface area contributed by atoms with Crippen LogP contribution in [-0.2, 0) is 4.79 Å². The Balaban J connectivity index is 2.80. The number of hydrogen-bond acceptors (Lipinski definition) is 3. The number of nitrogens with zero attached hydrogens (tertiary/aromatic N) is 2. The lowest BCUT2D eigenvalue weighted by molar-refractivity contribution is -0.137. The molecule has 5 nitrogen and oxygen atoms in total. The summed E-state index contributed by atoms with van der Waals surface area (Å²) >= 11 is 3.13. The fourth-order valence-corrected chi connectivity index (χ4v) is 1.34. The summed E-state index contributed by atoms with van der Waals surface area (Å²) in [5.74, 6) is -1.47. The van der Waals surface area contributed by atoms with E-state index in [1.165, 1.54) is 13.1 Å². The summed E-state index contributed by atoms with van der Waals surface area (Å²) in [4.78, 5) is 27.0. The van der Waals surface area contributed by atoms with E-state index in [-0.39, 0.29) is 12.2 Å². The molecular formula is C9H9BrN2O3. The van der Waals surface area contributed by atoms with E-state index in [1.54, 1.807) is 12.1 Å². The lowest BCUT2D eigenvalue weighted by Gasteiger charge is -2.13. The zero-order valence-corrected chi connectivity index (χ0v) is 9.56. The largest absolute Gasteiger partial charge is 0.480 e. The average molecular weight is 273 g/mol. The van der Waals surface area contributed by atoms with Gasteiger partial charge in [0.1, 0.15) is 16.8 Å². The van der Waals surface area contributed by atoms with Crippen molar-refractivity contribution in [3.8, 4) is 0 Å². The van der Waals surface area contributed by atoms with Crippen LogP contribution in [0.15, 0.2) is 22.8 Å². The molecule has 0 aromatic carbocycles. The molecule has 0 saturated heterocycles. The second-order valence-electron chi connectivity index (χ2n) is 2.90. The van der Waals surface area contributed by atoms with Crippen molar-refractivity contribution in [1.82, 2.24) is 9.88 Å². The first-order valence-electron chi connectivity index (χ1n) is 4.10. The molecule has 0 saturated carbocycles. The normalized spacial score (nSPS) is 9.73. The fourth-order valence-electron chi connectivity index (χ4n) is 0.998. The smallest absolute Gasteiger partial charge is 0.323 e. The molecule has 1 aromatic heterocycles. The number of amides is 1. The quantitative estimate of drug-likeness (QED) is 0.834. The van der Waals surface area contributed by atoms with Crippen molar-refractivity contribution in [2.45, 2.75) is 0 Å². The minimum absolute atomic E-state index is 0.216. The highest BCUT2D eigenvalue weighted by atomic mass is 79.9. The Morgan fingerprint density at radius 2 is 2.20 bits per heavy atom. The summed E-state index contributed by atoms with van der Waals surface area (Å²) in [6, 6.07) is 4.89. The molecule has 0 aliphatic carbocycles. The Morgan fingerprint density at radius 3 is 2.73 bits per heavy atom. The van der Waals surface area contributed by atoms with Crippen LogP contribution >= 0.6 is 15.9 Å². The van der Waals surface area contributed by atoms with E-state index in [2.05, 4.69) is 20.9 Å². The number of likely N-dealkylation sites (N-methyl/N-ethyl adjacent to an activating group) is 1. The summed E-state index contributed by atoms with van der Waals surface area (Å²) in [5.41, 5.74) is 0.216. The Kier molecular flexibility index (Phi) is 3.79. The van der Waals surface area contributed by atoms with Crippen molar-refractivity contribution in [3.63, 3.8) is 0 Å². The Hall–Kier alpha value is -1.43. The van der Waals surface area contributed by atoms with E-state index in [9.17, 15) is 9.59 Å². The summed E-state index contributed by atoms with van der Waals surface area (Å²) in [5, 5.41) is 8.51. The average Bonchev–Trinajstić information content (AvgIpc) is 2.15. The molecule has 0 fully saturated rings. The van der Waals surface area contributed by atoms with Gasteiger partial charge in [-0.25, -0.2) is 4.98 Å². The highest BCUT2D eigenvalue weighted by molar-refractivity contribution is 9.10. The number of aliphatic carboxylic acids is 1. The van der Waals surface area contributed by atoms with Crippen LogP contribution in [0.3, 0.4) is 0 Å². The van der Waals surface area contributed by atoms with Crippen LogP contribution in [0.25, 0.3) is 0 Å². The van der Waals surface area contributed by atoms with Crippen molar-refractivity contribution in [2.24, 2.45) is 0 Å². The summed E-state index contributed by atoms with van der Waals surface area (Å²) in [6.07, 6.45) is 0. The molecule has 0 atom stereocenters. The van der Waals surface area contributed by atoms with Crippen LogP contribution in [0.1, 0.15) is 10.5 Å². The van der Waals surface area contributed by atoms with Crippen molar-refractivity contribution in [2.75, 3.05) is 13.6 Å². The molecule has 80 valence electrons. The molecule has 1 rings (SSSR count). The van der Waals surface area contributed by atoms with Gasteiger partial charge in [0.2, 0.25) is 0 Å². The number of halogens is 1. The van der Waals surface area contributed by atoms with Gasteiger partial charge in [-0.1, -0.05) is 6.07 Å². The molecule has 0 aliphatic heterocycles. The molecule has 15 heavy (non-hydrogen) atoms. The Labute approximate surface area is 94.9 Å². The fraction of sp³-hybridized carbons (Fsp3) is 0.222. The van der Waals surface area contributed by atoms with E-state index in [0.717, 1.165) is 4.90 Å². The van der Waals surface area contributed by atoms with Gasteiger partial charge in [-0.3, -0.25) is 9.59 Å². The number of pyridine rings is 1. The number of carboxylic acid groups (broad SMARTS) is 1. The number of carboxylic acids is 1. The zero-order chi connectivity index (χ0) is 11.4. The summed E-state index contributed by atoms with van der Waals surface area (Å²) in [7, 11) is 1.42. The molecule has 1 heterocycles. The van der Waals surface area contributed by atoms with Crippen LogP contribution in [0, 0.1) is 0 Å². The predicted molar refractivity (Wildman–Crippen MR) is 56.5 cm³/mol. The third-order valence-corrected chi connectivity index (χ3v) is 2.10. The van der Waals surface area contributed by atoms with Crippen LogP contribution in [0.4, 0.5) is 0 Å². The second kappa shape index (κ2) is 4.88. The van der Waals surface area contributed by atoms with Crippen LogP contribution in [0.2, 0.25) is 0 Å². The summed E-state index contributed by atoms with van der Waals surface area (Å²) < 4.78 is 0.539. The number of rotatable bonds is 3. The monoisotopic (exact) mass is 272 g/mol. The van der Waals surface area contributed by atoms with Crippen LogP contribution in [0.5, 0.6) is 0 Å². The van der Waals surface area contributed by atoms with Crippen molar-refractivity contribution in [1.29, 1.82) is 0 Å². The van der Waals surface area contributed by atoms with Gasteiger partial charge in [-0.15, -0.1) is 0 Å². The Bertz CT molecular complexity index is 395. The first kappa shape index (κ1) is 11.6. The minimum atomic E-state index is -1.05. The molecular weight excluding hydrogens is 264 g/mol. The number of hydrogen-bond donors (Lipinski definition) is 1. The maximum absolute atomic E-state index is 11.6. The third kappa shape index (κ3) is 3.32. The van der Waals surface area contributed by atoms with E-state index < -0.39 is 11.9 Å². The van der Waals surface area contributed by atoms with Gasteiger partial charge < -0.3 is 10.0 Å². The summed E-state index contributed by atoms with van der Waals surface area (Å²) in [6.45, 7) is -0.340. The first-order valence-corrected chi connectivity index (χ1v) is 4.90. The maximum atomic E-state index is 11.6. The second-order valence-corrected chi connectivity index (χ2v) is 3.71. The number of carbonyl (C=O) groups excluding carboxylic acids is 1. The van der Waals surface area contributed by atoms with E-state index in [1.807, 2.05) is 0 Å². The molecule has 0 unspecified atom stereocenters.